The summed E-state index contributed by atoms with van der Waals surface area (Å²) in [6, 6.07) is 1.62. The molecule has 2 rings (SSSR count). The molecule has 0 aromatic carbocycles. The number of aryl methyl sites for hydroxylation is 1. The average Bonchev–Trinajstić information content (AvgIpc) is 2.40. The van der Waals surface area contributed by atoms with E-state index in [1.807, 2.05) is 13.8 Å². The van der Waals surface area contributed by atoms with Crippen LogP contribution in [-0.2, 0) is 6.42 Å². The highest BCUT2D eigenvalue weighted by molar-refractivity contribution is 6.31. The van der Waals surface area contributed by atoms with Crippen LogP contribution in [0.3, 0.4) is 0 Å². The second-order valence-corrected chi connectivity index (χ2v) is 4.05. The molecule has 0 saturated carbocycles. The van der Waals surface area contributed by atoms with Gasteiger partial charge in [0.2, 0.25) is 0 Å². The number of nitrogens with zero attached hydrogens (tertiary/aromatic N) is 2. The van der Waals surface area contributed by atoms with Crippen molar-refractivity contribution < 1.29 is 0 Å². The van der Waals surface area contributed by atoms with Gasteiger partial charge in [-0.3, -0.25) is 4.79 Å². The first-order valence-corrected chi connectivity index (χ1v) is 5.45. The molecule has 4 heteroatoms. The third-order valence-corrected chi connectivity index (χ3v) is 2.83. The van der Waals surface area contributed by atoms with Crippen molar-refractivity contribution >= 4 is 22.6 Å². The summed E-state index contributed by atoms with van der Waals surface area (Å²) < 4.78 is 0. The molecule has 0 fully saturated rings. The Morgan fingerprint density at radius 1 is 1.31 bits per heavy atom. The molecule has 0 unspecified atom stereocenters. The van der Waals surface area contributed by atoms with E-state index in [0.29, 0.717) is 21.6 Å². The number of aromatic nitrogens is 2. The van der Waals surface area contributed by atoms with Crippen LogP contribution >= 0.6 is 11.6 Å². The van der Waals surface area contributed by atoms with E-state index in [2.05, 4.69) is 9.97 Å². The van der Waals surface area contributed by atoms with Crippen molar-refractivity contribution in [3.05, 3.63) is 44.8 Å². The lowest BCUT2D eigenvalue weighted by molar-refractivity contribution is 1.09. The molecule has 3 nitrogen and oxygen atoms in total. The molecule has 0 N–H and O–H groups in total. The number of hydrogen-bond acceptors (Lipinski definition) is 3. The van der Waals surface area contributed by atoms with E-state index in [4.69, 9.17) is 11.6 Å². The van der Waals surface area contributed by atoms with E-state index < -0.39 is 0 Å². The van der Waals surface area contributed by atoms with Gasteiger partial charge in [0.1, 0.15) is 0 Å². The van der Waals surface area contributed by atoms with Gasteiger partial charge in [-0.15, -0.1) is 0 Å². The molecule has 0 amide bonds. The fourth-order valence-corrected chi connectivity index (χ4v) is 1.80. The highest BCUT2D eigenvalue weighted by atomic mass is 35.5. The van der Waals surface area contributed by atoms with Crippen molar-refractivity contribution in [2.75, 3.05) is 0 Å². The van der Waals surface area contributed by atoms with Gasteiger partial charge in [-0.2, -0.15) is 0 Å². The molecule has 16 heavy (non-hydrogen) atoms. The zero-order valence-corrected chi connectivity index (χ0v) is 9.88. The molecule has 82 valence electrons. The Balaban J connectivity index is 2.97. The van der Waals surface area contributed by atoms with Gasteiger partial charge in [-0.05, 0) is 25.0 Å². The first-order valence-electron chi connectivity index (χ1n) is 5.07. The summed E-state index contributed by atoms with van der Waals surface area (Å²) in [5.74, 6) is 0. The fraction of sp³-hybridized carbons (Fsp3) is 0.250. The molecule has 2 heterocycles. The summed E-state index contributed by atoms with van der Waals surface area (Å²) in [6.07, 6.45) is 3.99. The minimum atomic E-state index is -0.0423. The van der Waals surface area contributed by atoms with E-state index in [9.17, 15) is 4.79 Å². The Morgan fingerprint density at radius 3 is 2.69 bits per heavy atom. The van der Waals surface area contributed by atoms with E-state index in [-0.39, 0.29) is 5.43 Å². The second kappa shape index (κ2) is 4.18. The van der Waals surface area contributed by atoms with Gasteiger partial charge in [-0.1, -0.05) is 18.5 Å². The first kappa shape index (κ1) is 11.0. The minimum Gasteiger partial charge on any atom is -0.289 e. The van der Waals surface area contributed by atoms with Crippen LogP contribution in [0.5, 0.6) is 0 Å². The lowest BCUT2D eigenvalue weighted by Gasteiger charge is -1.93. The number of fused-ring (bicyclic) bond motifs is 1. The smallest absolute Gasteiger partial charge is 0.192 e. The summed E-state index contributed by atoms with van der Waals surface area (Å²) in [7, 11) is 0. The van der Waals surface area contributed by atoms with E-state index in [0.717, 1.165) is 12.0 Å². The number of pyridine rings is 1. The van der Waals surface area contributed by atoms with Gasteiger partial charge in [0.25, 0.3) is 0 Å². The molecule has 0 radical (unpaired) electrons. The normalized spacial score (nSPS) is 10.7. The van der Waals surface area contributed by atoms with Crippen LogP contribution in [0.2, 0.25) is 5.02 Å². The van der Waals surface area contributed by atoms with Crippen molar-refractivity contribution in [2.24, 2.45) is 0 Å². The number of halogens is 1. The van der Waals surface area contributed by atoms with Crippen molar-refractivity contribution in [3.63, 3.8) is 0 Å². The highest BCUT2D eigenvalue weighted by Crippen LogP contribution is 2.13. The lowest BCUT2D eigenvalue weighted by Crippen LogP contribution is -2.04. The molecule has 0 aliphatic heterocycles. The van der Waals surface area contributed by atoms with Crippen molar-refractivity contribution in [2.45, 2.75) is 20.3 Å². The summed E-state index contributed by atoms with van der Waals surface area (Å²) >= 11 is 5.83. The Kier molecular flexibility index (Phi) is 2.88. The average molecular weight is 235 g/mol. The zero-order chi connectivity index (χ0) is 11.7. The quantitative estimate of drug-likeness (QED) is 0.762. The minimum absolute atomic E-state index is 0.0423. The molecule has 0 aliphatic rings. The second-order valence-electron chi connectivity index (χ2n) is 3.62. The lowest BCUT2D eigenvalue weighted by atomic mass is 10.1. The zero-order valence-electron chi connectivity index (χ0n) is 9.12. The predicted octanol–water partition coefficient (Wildman–Crippen LogP) is 2.51. The van der Waals surface area contributed by atoms with Crippen LogP contribution in [0, 0.1) is 6.92 Å². The largest absolute Gasteiger partial charge is 0.289 e. The Bertz CT molecular complexity index is 611. The summed E-state index contributed by atoms with van der Waals surface area (Å²) in [5.41, 5.74) is 2.06. The maximum Gasteiger partial charge on any atom is 0.192 e. The monoisotopic (exact) mass is 234 g/mol. The Labute approximate surface area is 98.1 Å². The van der Waals surface area contributed by atoms with Crippen LogP contribution in [0.1, 0.15) is 18.1 Å². The number of rotatable bonds is 1. The molecular formula is C12H11ClN2O. The molecule has 0 bridgehead atoms. The maximum atomic E-state index is 12.1. The van der Waals surface area contributed by atoms with Gasteiger partial charge in [0.05, 0.1) is 10.4 Å². The van der Waals surface area contributed by atoms with Gasteiger partial charge in [-0.25, -0.2) is 9.97 Å². The van der Waals surface area contributed by atoms with Gasteiger partial charge < -0.3 is 0 Å². The summed E-state index contributed by atoms with van der Waals surface area (Å²) in [4.78, 5) is 20.4. The molecule has 2 aromatic rings. The molecule has 2 aromatic heterocycles. The van der Waals surface area contributed by atoms with Crippen LogP contribution in [-0.4, -0.2) is 9.97 Å². The van der Waals surface area contributed by atoms with Crippen molar-refractivity contribution in [1.29, 1.82) is 0 Å². The predicted molar refractivity (Wildman–Crippen MR) is 64.9 cm³/mol. The SMILES string of the molecule is CCc1cnc2ncc(Cl)cc2c(=O)c1C. The summed E-state index contributed by atoms with van der Waals surface area (Å²) in [6.45, 7) is 3.80. The first-order chi connectivity index (χ1) is 7.63. The molecule has 0 atom stereocenters. The molecule has 0 spiro atoms. The molecular weight excluding hydrogens is 224 g/mol. The van der Waals surface area contributed by atoms with Crippen LogP contribution in [0.4, 0.5) is 0 Å². The van der Waals surface area contributed by atoms with Crippen LogP contribution in [0.25, 0.3) is 11.0 Å². The Morgan fingerprint density at radius 2 is 2.00 bits per heavy atom. The third kappa shape index (κ3) is 1.78. The molecule has 0 aliphatic carbocycles. The summed E-state index contributed by atoms with van der Waals surface area (Å²) in [5, 5.41) is 0.930. The third-order valence-electron chi connectivity index (χ3n) is 2.62. The standard InChI is InChI=1S/C12H11ClN2O/c1-3-8-5-14-12-10(11(16)7(8)2)4-9(13)6-15-12/h4-6H,3H2,1-2H3. The molecule has 0 saturated heterocycles. The van der Waals surface area contributed by atoms with Crippen LogP contribution in [0.15, 0.2) is 23.3 Å². The van der Waals surface area contributed by atoms with Crippen molar-refractivity contribution in [3.8, 4) is 0 Å². The van der Waals surface area contributed by atoms with Gasteiger partial charge in [0.15, 0.2) is 11.1 Å². The number of hydrogen-bond donors (Lipinski definition) is 0. The topological polar surface area (TPSA) is 42.9 Å². The van der Waals surface area contributed by atoms with Crippen molar-refractivity contribution in [1.82, 2.24) is 9.97 Å². The van der Waals surface area contributed by atoms with Gasteiger partial charge in [0, 0.05) is 18.0 Å². The Hall–Kier alpha value is -1.48. The van der Waals surface area contributed by atoms with E-state index >= 15 is 0 Å². The van der Waals surface area contributed by atoms with E-state index in [1.165, 1.54) is 6.20 Å². The fourth-order valence-electron chi connectivity index (χ4n) is 1.64. The van der Waals surface area contributed by atoms with Crippen LogP contribution < -0.4 is 5.43 Å². The highest BCUT2D eigenvalue weighted by Gasteiger charge is 2.06. The maximum absolute atomic E-state index is 12.1. The van der Waals surface area contributed by atoms with E-state index in [1.54, 1.807) is 12.3 Å². The van der Waals surface area contributed by atoms with Gasteiger partial charge >= 0.3 is 0 Å².